The Hall–Kier alpha value is -0.520. The second kappa shape index (κ2) is 6.08. The van der Waals surface area contributed by atoms with Gasteiger partial charge in [0, 0.05) is 8.95 Å². The molecule has 0 N–H and O–H groups in total. The SMILES string of the molecule is FC(F)(F)c1cc(Br)ccc1C(Cl)c1ccc(Br)cc1. The third-order valence-corrected chi connectivity index (χ3v) is 4.27. The molecule has 2 aromatic carbocycles. The summed E-state index contributed by atoms with van der Waals surface area (Å²) in [6.07, 6.45) is -4.44. The van der Waals surface area contributed by atoms with Crippen LogP contribution in [0, 0.1) is 0 Å². The largest absolute Gasteiger partial charge is 0.416 e. The van der Waals surface area contributed by atoms with Gasteiger partial charge in [-0.2, -0.15) is 13.2 Å². The minimum Gasteiger partial charge on any atom is -0.166 e. The second-order valence-corrected chi connectivity index (χ2v) is 6.41. The molecule has 1 atom stereocenters. The number of hydrogen-bond acceptors (Lipinski definition) is 0. The van der Waals surface area contributed by atoms with Gasteiger partial charge in [0.1, 0.15) is 0 Å². The van der Waals surface area contributed by atoms with Crippen LogP contribution in [0.15, 0.2) is 51.4 Å². The number of alkyl halides is 4. The predicted octanol–water partition coefficient (Wildman–Crippen LogP) is 6.56. The molecule has 0 spiro atoms. The average Bonchev–Trinajstić information content (AvgIpc) is 2.38. The van der Waals surface area contributed by atoms with Gasteiger partial charge in [0.15, 0.2) is 0 Å². The van der Waals surface area contributed by atoms with E-state index >= 15 is 0 Å². The number of benzene rings is 2. The maximum absolute atomic E-state index is 13.1. The zero-order valence-electron chi connectivity index (χ0n) is 9.89. The lowest BCUT2D eigenvalue weighted by Crippen LogP contribution is -2.11. The van der Waals surface area contributed by atoms with E-state index in [1.54, 1.807) is 30.3 Å². The number of rotatable bonds is 2. The molecule has 1 unspecified atom stereocenters. The van der Waals surface area contributed by atoms with Crippen LogP contribution in [0.25, 0.3) is 0 Å². The molecular formula is C14H8Br2ClF3. The fraction of sp³-hybridized carbons (Fsp3) is 0.143. The van der Waals surface area contributed by atoms with Gasteiger partial charge in [-0.1, -0.05) is 50.1 Å². The van der Waals surface area contributed by atoms with Crippen molar-refractivity contribution in [2.75, 3.05) is 0 Å². The van der Waals surface area contributed by atoms with Crippen molar-refractivity contribution < 1.29 is 13.2 Å². The van der Waals surface area contributed by atoms with Crippen molar-refractivity contribution in [2.24, 2.45) is 0 Å². The van der Waals surface area contributed by atoms with Crippen LogP contribution in [-0.2, 0) is 6.18 Å². The number of hydrogen-bond donors (Lipinski definition) is 0. The summed E-state index contributed by atoms with van der Waals surface area (Å²) in [4.78, 5) is 0. The molecule has 0 fully saturated rings. The van der Waals surface area contributed by atoms with Gasteiger partial charge in [0.2, 0.25) is 0 Å². The molecule has 0 aliphatic carbocycles. The molecular weight excluding hydrogens is 420 g/mol. The van der Waals surface area contributed by atoms with Gasteiger partial charge in [0.25, 0.3) is 0 Å². The molecule has 20 heavy (non-hydrogen) atoms. The van der Waals surface area contributed by atoms with Crippen LogP contribution >= 0.6 is 43.5 Å². The molecule has 0 aromatic heterocycles. The van der Waals surface area contributed by atoms with Crippen molar-refractivity contribution >= 4 is 43.5 Å². The Morgan fingerprint density at radius 3 is 2.00 bits per heavy atom. The lowest BCUT2D eigenvalue weighted by Gasteiger charge is -2.17. The summed E-state index contributed by atoms with van der Waals surface area (Å²) in [6.45, 7) is 0. The molecule has 0 aliphatic rings. The van der Waals surface area contributed by atoms with Gasteiger partial charge in [-0.25, -0.2) is 0 Å². The highest BCUT2D eigenvalue weighted by atomic mass is 79.9. The van der Waals surface area contributed by atoms with Crippen molar-refractivity contribution in [2.45, 2.75) is 11.6 Å². The van der Waals surface area contributed by atoms with Crippen LogP contribution in [0.4, 0.5) is 13.2 Å². The van der Waals surface area contributed by atoms with Crippen molar-refractivity contribution in [3.05, 3.63) is 68.1 Å². The van der Waals surface area contributed by atoms with E-state index in [4.69, 9.17) is 11.6 Å². The fourth-order valence-electron chi connectivity index (χ4n) is 1.81. The smallest absolute Gasteiger partial charge is 0.166 e. The quantitative estimate of drug-likeness (QED) is 0.475. The van der Waals surface area contributed by atoms with E-state index < -0.39 is 17.1 Å². The van der Waals surface area contributed by atoms with E-state index in [-0.39, 0.29) is 5.56 Å². The number of halogens is 6. The first kappa shape index (κ1) is 15.9. The maximum Gasteiger partial charge on any atom is 0.416 e. The summed E-state index contributed by atoms with van der Waals surface area (Å²) in [5.41, 5.74) is -0.0674. The van der Waals surface area contributed by atoms with E-state index in [9.17, 15) is 13.2 Å². The summed E-state index contributed by atoms with van der Waals surface area (Å²) in [5, 5.41) is -0.854. The molecule has 0 amide bonds. The predicted molar refractivity (Wildman–Crippen MR) is 81.0 cm³/mol. The summed E-state index contributed by atoms with van der Waals surface area (Å²) in [5.74, 6) is 0. The van der Waals surface area contributed by atoms with Crippen LogP contribution in [0.2, 0.25) is 0 Å². The zero-order valence-corrected chi connectivity index (χ0v) is 13.8. The van der Waals surface area contributed by atoms with Crippen LogP contribution in [0.3, 0.4) is 0 Å². The minimum atomic E-state index is -4.44. The summed E-state index contributed by atoms with van der Waals surface area (Å²) >= 11 is 12.5. The van der Waals surface area contributed by atoms with Crippen molar-refractivity contribution in [3.8, 4) is 0 Å². The van der Waals surface area contributed by atoms with Gasteiger partial charge >= 0.3 is 6.18 Å². The average molecular weight is 428 g/mol. The zero-order chi connectivity index (χ0) is 14.9. The van der Waals surface area contributed by atoms with Gasteiger partial charge in [-0.05, 0) is 35.4 Å². The maximum atomic E-state index is 13.1. The molecule has 2 aromatic rings. The van der Waals surface area contributed by atoms with Crippen molar-refractivity contribution in [3.63, 3.8) is 0 Å². The molecule has 0 bridgehead atoms. The molecule has 2 rings (SSSR count). The molecule has 0 nitrogen and oxygen atoms in total. The first-order valence-corrected chi connectivity index (χ1v) is 7.57. The lowest BCUT2D eigenvalue weighted by molar-refractivity contribution is -0.138. The molecule has 0 aliphatic heterocycles. The van der Waals surface area contributed by atoms with E-state index in [0.717, 1.165) is 10.5 Å². The molecule has 106 valence electrons. The normalized spacial score (nSPS) is 13.3. The lowest BCUT2D eigenvalue weighted by atomic mass is 9.99. The van der Waals surface area contributed by atoms with Crippen LogP contribution in [-0.4, -0.2) is 0 Å². The molecule has 0 saturated heterocycles. The van der Waals surface area contributed by atoms with Crippen LogP contribution in [0.5, 0.6) is 0 Å². The van der Waals surface area contributed by atoms with Gasteiger partial charge in [-0.3, -0.25) is 0 Å². The highest BCUT2D eigenvalue weighted by Crippen LogP contribution is 2.40. The van der Waals surface area contributed by atoms with E-state index in [2.05, 4.69) is 31.9 Å². The Morgan fingerprint density at radius 1 is 0.900 bits per heavy atom. The van der Waals surface area contributed by atoms with Gasteiger partial charge in [0.05, 0.1) is 10.9 Å². The van der Waals surface area contributed by atoms with E-state index in [0.29, 0.717) is 10.0 Å². The monoisotopic (exact) mass is 426 g/mol. The Kier molecular flexibility index (Phi) is 4.82. The van der Waals surface area contributed by atoms with Gasteiger partial charge in [-0.15, -0.1) is 11.6 Å². The fourth-order valence-corrected chi connectivity index (χ4v) is 2.77. The first-order valence-electron chi connectivity index (χ1n) is 5.55. The highest BCUT2D eigenvalue weighted by Gasteiger charge is 2.35. The molecule has 0 saturated carbocycles. The van der Waals surface area contributed by atoms with Gasteiger partial charge < -0.3 is 0 Å². The van der Waals surface area contributed by atoms with Crippen molar-refractivity contribution in [1.29, 1.82) is 0 Å². The summed E-state index contributed by atoms with van der Waals surface area (Å²) in [7, 11) is 0. The second-order valence-electron chi connectivity index (χ2n) is 4.14. The van der Waals surface area contributed by atoms with Crippen molar-refractivity contribution in [1.82, 2.24) is 0 Å². The molecule has 0 heterocycles. The van der Waals surface area contributed by atoms with Crippen LogP contribution < -0.4 is 0 Å². The summed E-state index contributed by atoms with van der Waals surface area (Å²) in [6, 6.07) is 10.9. The minimum absolute atomic E-state index is 0.0460. The Balaban J connectivity index is 2.49. The molecule has 0 radical (unpaired) electrons. The Bertz CT molecular complexity index is 609. The first-order chi connectivity index (χ1) is 9.29. The van der Waals surface area contributed by atoms with E-state index in [1.807, 2.05) is 0 Å². The summed E-state index contributed by atoms with van der Waals surface area (Å²) < 4.78 is 40.5. The molecule has 6 heteroatoms. The van der Waals surface area contributed by atoms with Crippen LogP contribution in [0.1, 0.15) is 22.1 Å². The highest BCUT2D eigenvalue weighted by molar-refractivity contribution is 9.10. The topological polar surface area (TPSA) is 0 Å². The Labute approximate surface area is 136 Å². The standard InChI is InChI=1S/C14H8Br2ClF3/c15-9-3-1-8(2-4-9)13(17)11-6-5-10(16)7-12(11)14(18,19)20/h1-7,13H. The third-order valence-electron chi connectivity index (χ3n) is 2.76. The van der Waals surface area contributed by atoms with E-state index in [1.165, 1.54) is 6.07 Å². The third kappa shape index (κ3) is 3.57. The Morgan fingerprint density at radius 2 is 1.45 bits per heavy atom.